The number of halogens is 2. The van der Waals surface area contributed by atoms with Crippen LogP contribution in [0.3, 0.4) is 0 Å². The molecule has 0 aromatic heterocycles. The fourth-order valence-electron chi connectivity index (χ4n) is 1.88. The topological polar surface area (TPSA) is 63.6 Å². The van der Waals surface area contributed by atoms with E-state index in [4.69, 9.17) is 5.11 Å². The van der Waals surface area contributed by atoms with E-state index < -0.39 is 36.3 Å². The Morgan fingerprint density at radius 2 is 2.06 bits per heavy atom. The average molecular weight is 248 g/mol. The summed E-state index contributed by atoms with van der Waals surface area (Å²) in [7, 11) is 0. The van der Waals surface area contributed by atoms with Crippen molar-refractivity contribution in [3.05, 3.63) is 12.2 Å². The number of carboxylic acid groups (broad SMARTS) is 1. The predicted octanol–water partition coefficient (Wildman–Crippen LogP) is 1.71. The van der Waals surface area contributed by atoms with Crippen LogP contribution in [-0.2, 0) is 14.3 Å². The molecule has 4 nitrogen and oxygen atoms in total. The standard InChI is InChI=1S/C11H14F2O4/c1-11(2)6(9(11)10(15)16)3-4-8(14)17-5-7(12)13/h3-4,6-7,9H,5H2,1-2H3,(H,15,16)/b4-3-. The minimum Gasteiger partial charge on any atom is -0.481 e. The maximum atomic E-state index is 11.7. The normalized spacial score (nSPS) is 26.2. The molecule has 1 aliphatic carbocycles. The second-order valence-corrected chi connectivity index (χ2v) is 4.54. The van der Waals surface area contributed by atoms with Crippen LogP contribution in [0.4, 0.5) is 8.78 Å². The summed E-state index contributed by atoms with van der Waals surface area (Å²) in [6.07, 6.45) is -0.277. The monoisotopic (exact) mass is 248 g/mol. The van der Waals surface area contributed by atoms with Crippen molar-refractivity contribution in [2.45, 2.75) is 20.3 Å². The number of esters is 1. The van der Waals surface area contributed by atoms with E-state index in [1.165, 1.54) is 6.08 Å². The lowest BCUT2D eigenvalue weighted by molar-refractivity contribution is -0.142. The number of alkyl halides is 2. The van der Waals surface area contributed by atoms with E-state index >= 15 is 0 Å². The summed E-state index contributed by atoms with van der Waals surface area (Å²) in [5.41, 5.74) is -0.411. The fourth-order valence-corrected chi connectivity index (χ4v) is 1.88. The number of hydrogen-bond donors (Lipinski definition) is 1. The Labute approximate surface area is 97.3 Å². The van der Waals surface area contributed by atoms with E-state index in [0.29, 0.717) is 0 Å². The molecule has 96 valence electrons. The third-order valence-electron chi connectivity index (χ3n) is 2.97. The molecule has 2 unspecified atom stereocenters. The van der Waals surface area contributed by atoms with E-state index in [1.807, 2.05) is 0 Å². The van der Waals surface area contributed by atoms with Crippen LogP contribution in [-0.4, -0.2) is 30.1 Å². The molecular weight excluding hydrogens is 234 g/mol. The molecule has 1 rings (SSSR count). The Bertz CT molecular complexity index is 349. The summed E-state index contributed by atoms with van der Waals surface area (Å²) >= 11 is 0. The Hall–Kier alpha value is -1.46. The molecular formula is C11H14F2O4. The Kier molecular flexibility index (Phi) is 3.85. The van der Waals surface area contributed by atoms with Gasteiger partial charge in [-0.3, -0.25) is 4.79 Å². The molecule has 0 amide bonds. The molecule has 0 aliphatic heterocycles. The van der Waals surface area contributed by atoms with E-state index in [1.54, 1.807) is 13.8 Å². The van der Waals surface area contributed by atoms with Crippen molar-refractivity contribution in [2.24, 2.45) is 17.3 Å². The largest absolute Gasteiger partial charge is 0.481 e. The quantitative estimate of drug-likeness (QED) is 0.594. The van der Waals surface area contributed by atoms with Gasteiger partial charge in [0.1, 0.15) is 0 Å². The zero-order valence-electron chi connectivity index (χ0n) is 9.52. The number of aliphatic carboxylic acids is 1. The van der Waals surface area contributed by atoms with Crippen LogP contribution in [0.5, 0.6) is 0 Å². The number of allylic oxidation sites excluding steroid dienone is 1. The first kappa shape index (κ1) is 13.6. The second-order valence-electron chi connectivity index (χ2n) is 4.54. The molecule has 0 heterocycles. The Balaban J connectivity index is 2.45. The number of rotatable bonds is 5. The molecule has 17 heavy (non-hydrogen) atoms. The van der Waals surface area contributed by atoms with Gasteiger partial charge in [0.15, 0.2) is 6.61 Å². The van der Waals surface area contributed by atoms with Gasteiger partial charge in [-0.05, 0) is 11.3 Å². The van der Waals surface area contributed by atoms with Gasteiger partial charge < -0.3 is 9.84 Å². The minimum absolute atomic E-state index is 0.265. The second kappa shape index (κ2) is 4.81. The lowest BCUT2D eigenvalue weighted by atomic mass is 10.1. The van der Waals surface area contributed by atoms with Crippen LogP contribution >= 0.6 is 0 Å². The van der Waals surface area contributed by atoms with E-state index in [2.05, 4.69) is 4.74 Å². The van der Waals surface area contributed by atoms with Crippen molar-refractivity contribution in [1.82, 2.24) is 0 Å². The van der Waals surface area contributed by atoms with Crippen LogP contribution in [0, 0.1) is 17.3 Å². The number of ether oxygens (including phenoxy) is 1. The highest BCUT2D eigenvalue weighted by atomic mass is 19.3. The highest BCUT2D eigenvalue weighted by Crippen LogP contribution is 2.58. The third-order valence-corrected chi connectivity index (χ3v) is 2.97. The van der Waals surface area contributed by atoms with Crippen molar-refractivity contribution in [3.8, 4) is 0 Å². The lowest BCUT2D eigenvalue weighted by Gasteiger charge is -1.99. The summed E-state index contributed by atoms with van der Waals surface area (Å²) in [4.78, 5) is 21.8. The molecule has 1 N–H and O–H groups in total. The smallest absolute Gasteiger partial charge is 0.330 e. The number of carbonyl (C=O) groups is 2. The van der Waals surface area contributed by atoms with Crippen molar-refractivity contribution in [2.75, 3.05) is 6.61 Å². The summed E-state index contributed by atoms with van der Waals surface area (Å²) in [5.74, 6) is -2.61. The third kappa shape index (κ3) is 3.25. The number of carbonyl (C=O) groups excluding carboxylic acids is 1. The van der Waals surface area contributed by atoms with Crippen LogP contribution in [0.15, 0.2) is 12.2 Å². The first-order chi connectivity index (χ1) is 7.76. The van der Waals surface area contributed by atoms with Crippen LogP contribution in [0.25, 0.3) is 0 Å². The summed E-state index contributed by atoms with van der Waals surface area (Å²) in [5, 5.41) is 8.85. The van der Waals surface area contributed by atoms with E-state index in [-0.39, 0.29) is 5.92 Å². The van der Waals surface area contributed by atoms with Gasteiger partial charge >= 0.3 is 11.9 Å². The minimum atomic E-state index is -2.70. The molecule has 0 bridgehead atoms. The zero-order chi connectivity index (χ0) is 13.2. The van der Waals surface area contributed by atoms with E-state index in [0.717, 1.165) is 6.08 Å². The van der Waals surface area contributed by atoms with Crippen molar-refractivity contribution >= 4 is 11.9 Å². The Morgan fingerprint density at radius 1 is 1.47 bits per heavy atom. The SMILES string of the molecule is CC1(C)C(/C=C\C(=O)OCC(F)F)C1C(=O)O. The summed E-state index contributed by atoms with van der Waals surface area (Å²) in [6, 6.07) is 0. The average Bonchev–Trinajstić information content (AvgIpc) is 2.74. The molecule has 0 aromatic carbocycles. The fraction of sp³-hybridized carbons (Fsp3) is 0.636. The van der Waals surface area contributed by atoms with Crippen LogP contribution in [0.1, 0.15) is 13.8 Å². The molecule has 0 saturated heterocycles. The molecule has 2 atom stereocenters. The van der Waals surface area contributed by atoms with Gasteiger partial charge in [-0.25, -0.2) is 13.6 Å². The molecule has 0 spiro atoms. The molecule has 0 aromatic rings. The van der Waals surface area contributed by atoms with Crippen molar-refractivity contribution < 1.29 is 28.2 Å². The molecule has 1 aliphatic rings. The van der Waals surface area contributed by atoms with Crippen LogP contribution < -0.4 is 0 Å². The molecule has 1 saturated carbocycles. The number of carboxylic acids is 1. The van der Waals surface area contributed by atoms with E-state index in [9.17, 15) is 18.4 Å². The van der Waals surface area contributed by atoms with Gasteiger partial charge in [0.05, 0.1) is 5.92 Å². The lowest BCUT2D eigenvalue weighted by Crippen LogP contribution is -2.09. The predicted molar refractivity (Wildman–Crippen MR) is 54.5 cm³/mol. The number of hydrogen-bond acceptors (Lipinski definition) is 3. The zero-order valence-corrected chi connectivity index (χ0v) is 9.52. The van der Waals surface area contributed by atoms with Gasteiger partial charge in [0, 0.05) is 6.08 Å². The molecule has 6 heteroatoms. The summed E-state index contributed by atoms with van der Waals surface area (Å²) < 4.78 is 27.7. The van der Waals surface area contributed by atoms with Gasteiger partial charge in [-0.1, -0.05) is 19.9 Å². The van der Waals surface area contributed by atoms with Gasteiger partial charge in [0.2, 0.25) is 0 Å². The maximum absolute atomic E-state index is 11.7. The van der Waals surface area contributed by atoms with Crippen molar-refractivity contribution in [1.29, 1.82) is 0 Å². The van der Waals surface area contributed by atoms with Gasteiger partial charge in [0.25, 0.3) is 6.43 Å². The van der Waals surface area contributed by atoms with Gasteiger partial charge in [-0.15, -0.1) is 0 Å². The van der Waals surface area contributed by atoms with Crippen LogP contribution in [0.2, 0.25) is 0 Å². The first-order valence-electron chi connectivity index (χ1n) is 5.12. The molecule has 1 fully saturated rings. The highest BCUT2D eigenvalue weighted by Gasteiger charge is 2.60. The highest BCUT2D eigenvalue weighted by molar-refractivity contribution is 5.83. The Morgan fingerprint density at radius 3 is 2.47 bits per heavy atom. The summed E-state index contributed by atoms with van der Waals surface area (Å²) in [6.45, 7) is 2.59. The van der Waals surface area contributed by atoms with Crippen molar-refractivity contribution in [3.63, 3.8) is 0 Å². The first-order valence-corrected chi connectivity index (χ1v) is 5.12. The molecule has 0 radical (unpaired) electrons. The van der Waals surface area contributed by atoms with Gasteiger partial charge in [-0.2, -0.15) is 0 Å². The maximum Gasteiger partial charge on any atom is 0.330 e.